The van der Waals surface area contributed by atoms with E-state index < -0.39 is 9.84 Å². The van der Waals surface area contributed by atoms with E-state index in [9.17, 15) is 13.2 Å². The second-order valence-corrected chi connectivity index (χ2v) is 8.52. The molecule has 0 radical (unpaired) electrons. The Labute approximate surface area is 159 Å². The van der Waals surface area contributed by atoms with Gasteiger partial charge in [-0.25, -0.2) is 8.42 Å². The summed E-state index contributed by atoms with van der Waals surface area (Å²) in [5, 5.41) is 3.44. The second kappa shape index (κ2) is 9.05. The first kappa shape index (κ1) is 20.3. The number of halogens is 1. The van der Waals surface area contributed by atoms with Crippen molar-refractivity contribution in [2.75, 3.05) is 17.7 Å². The summed E-state index contributed by atoms with van der Waals surface area (Å²) in [4.78, 5) is 12.2. The third kappa shape index (κ3) is 5.75. The topological polar surface area (TPSA) is 72.5 Å². The number of anilines is 1. The highest BCUT2D eigenvalue weighted by atomic mass is 35.5. The summed E-state index contributed by atoms with van der Waals surface area (Å²) in [5.41, 5.74) is 1.51. The van der Waals surface area contributed by atoms with Crippen molar-refractivity contribution in [3.63, 3.8) is 0 Å². The molecule has 2 rings (SSSR count). The molecule has 2 aromatic rings. The third-order valence-corrected chi connectivity index (χ3v) is 6.00. The number of amides is 1. The minimum atomic E-state index is -3.23. The molecule has 2 aromatic carbocycles. The summed E-state index contributed by atoms with van der Waals surface area (Å²) in [6.07, 6.45) is 0.872. The van der Waals surface area contributed by atoms with Crippen LogP contribution in [0.2, 0.25) is 5.02 Å². The predicted octanol–water partition coefficient (Wildman–Crippen LogP) is 4.24. The minimum Gasteiger partial charge on any atom is -0.494 e. The predicted molar refractivity (Wildman–Crippen MR) is 104 cm³/mol. The Balaban J connectivity index is 1.77. The van der Waals surface area contributed by atoms with Crippen molar-refractivity contribution in [1.82, 2.24) is 0 Å². The molecule has 5 nitrogen and oxygen atoms in total. The molecule has 0 aliphatic rings. The minimum absolute atomic E-state index is 0.0475. The number of carbonyl (C=O) groups excluding carboxylic acids is 1. The van der Waals surface area contributed by atoms with E-state index in [1.54, 1.807) is 31.2 Å². The Bertz CT molecular complexity index is 864. The fraction of sp³-hybridized carbons (Fsp3) is 0.316. The van der Waals surface area contributed by atoms with Crippen molar-refractivity contribution >= 4 is 33.0 Å². The Morgan fingerprint density at radius 1 is 1.15 bits per heavy atom. The lowest BCUT2D eigenvalue weighted by Gasteiger charge is -2.09. The first-order valence-corrected chi connectivity index (χ1v) is 10.4. The maximum absolute atomic E-state index is 12.0. The highest BCUT2D eigenvalue weighted by Crippen LogP contribution is 2.21. The van der Waals surface area contributed by atoms with Crippen LogP contribution in [0.15, 0.2) is 47.4 Å². The van der Waals surface area contributed by atoms with Crippen LogP contribution < -0.4 is 10.1 Å². The van der Waals surface area contributed by atoms with Crippen molar-refractivity contribution < 1.29 is 17.9 Å². The van der Waals surface area contributed by atoms with Crippen LogP contribution in [0, 0.1) is 6.92 Å². The number of hydrogen-bond acceptors (Lipinski definition) is 4. The molecule has 0 bridgehead atoms. The zero-order valence-corrected chi connectivity index (χ0v) is 16.4. The van der Waals surface area contributed by atoms with Crippen LogP contribution in [0.1, 0.15) is 25.3 Å². The molecule has 0 aliphatic heterocycles. The third-order valence-electron chi connectivity index (χ3n) is 3.82. The zero-order chi connectivity index (χ0) is 19.2. The van der Waals surface area contributed by atoms with E-state index in [2.05, 4.69) is 5.32 Å². The zero-order valence-electron chi connectivity index (χ0n) is 14.8. The molecule has 0 fully saturated rings. The molecule has 0 atom stereocenters. The number of nitrogens with one attached hydrogen (secondary N) is 1. The van der Waals surface area contributed by atoms with E-state index in [1.165, 1.54) is 12.1 Å². The number of hydrogen-bond donors (Lipinski definition) is 1. The van der Waals surface area contributed by atoms with E-state index in [-0.39, 0.29) is 16.6 Å². The molecule has 0 unspecified atom stereocenters. The quantitative estimate of drug-likeness (QED) is 0.678. The Morgan fingerprint density at radius 3 is 2.46 bits per heavy atom. The average molecular weight is 396 g/mol. The fourth-order valence-corrected chi connectivity index (χ4v) is 3.27. The largest absolute Gasteiger partial charge is 0.494 e. The summed E-state index contributed by atoms with van der Waals surface area (Å²) in [6.45, 7) is 3.92. The van der Waals surface area contributed by atoms with Crippen LogP contribution in [-0.2, 0) is 14.6 Å². The van der Waals surface area contributed by atoms with E-state index in [0.717, 1.165) is 11.3 Å². The van der Waals surface area contributed by atoms with Gasteiger partial charge in [-0.3, -0.25) is 4.79 Å². The number of aryl methyl sites for hydroxylation is 1. The smallest absolute Gasteiger partial charge is 0.224 e. The molecule has 0 saturated heterocycles. The monoisotopic (exact) mass is 395 g/mol. The van der Waals surface area contributed by atoms with E-state index >= 15 is 0 Å². The molecule has 140 valence electrons. The molecule has 1 N–H and O–H groups in total. The lowest BCUT2D eigenvalue weighted by molar-refractivity contribution is -0.116. The number of ether oxygens (including phenoxy) is 1. The average Bonchev–Trinajstić information content (AvgIpc) is 2.62. The van der Waals surface area contributed by atoms with Gasteiger partial charge in [-0.05, 0) is 61.4 Å². The number of rotatable bonds is 8. The molecule has 26 heavy (non-hydrogen) atoms. The van der Waals surface area contributed by atoms with Crippen LogP contribution in [0.4, 0.5) is 5.69 Å². The summed E-state index contributed by atoms with van der Waals surface area (Å²) < 4.78 is 29.1. The molecule has 1 amide bonds. The van der Waals surface area contributed by atoms with Crippen molar-refractivity contribution in [2.24, 2.45) is 0 Å². The first-order chi connectivity index (χ1) is 12.3. The molecule has 7 heteroatoms. The summed E-state index contributed by atoms with van der Waals surface area (Å²) in [7, 11) is -3.23. The van der Waals surface area contributed by atoms with Gasteiger partial charge in [0.1, 0.15) is 5.75 Å². The highest BCUT2D eigenvalue weighted by Gasteiger charge is 2.11. The van der Waals surface area contributed by atoms with Gasteiger partial charge in [0.05, 0.1) is 17.3 Å². The van der Waals surface area contributed by atoms with Gasteiger partial charge in [0.2, 0.25) is 5.91 Å². The summed E-state index contributed by atoms with van der Waals surface area (Å²) in [6, 6.07) is 11.6. The van der Waals surface area contributed by atoms with Crippen LogP contribution in [-0.4, -0.2) is 26.7 Å². The fourth-order valence-electron chi connectivity index (χ4n) is 2.27. The highest BCUT2D eigenvalue weighted by molar-refractivity contribution is 7.91. The SMILES string of the molecule is CCS(=O)(=O)c1ccc(NC(=O)CCCOc2ccc(Cl)c(C)c2)cc1. The van der Waals surface area contributed by atoms with Crippen LogP contribution >= 0.6 is 11.6 Å². The van der Waals surface area contributed by atoms with Crippen molar-refractivity contribution in [2.45, 2.75) is 31.6 Å². The van der Waals surface area contributed by atoms with E-state index in [1.807, 2.05) is 13.0 Å². The normalized spacial score (nSPS) is 11.2. The summed E-state index contributed by atoms with van der Waals surface area (Å²) in [5.74, 6) is 0.623. The number of carbonyl (C=O) groups is 1. The lowest BCUT2D eigenvalue weighted by Crippen LogP contribution is -2.13. The molecule has 0 heterocycles. The van der Waals surface area contributed by atoms with Gasteiger partial charge in [-0.15, -0.1) is 0 Å². The summed E-state index contributed by atoms with van der Waals surface area (Å²) >= 11 is 5.96. The molecule has 0 aromatic heterocycles. The Hall–Kier alpha value is -2.05. The first-order valence-electron chi connectivity index (χ1n) is 8.33. The van der Waals surface area contributed by atoms with Gasteiger partial charge in [0.15, 0.2) is 9.84 Å². The van der Waals surface area contributed by atoms with Gasteiger partial charge >= 0.3 is 0 Å². The lowest BCUT2D eigenvalue weighted by atomic mass is 10.2. The standard InChI is InChI=1S/C19H22ClNO4S/c1-3-26(23,24)17-9-6-15(7-10-17)21-19(22)5-4-12-25-16-8-11-18(20)14(2)13-16/h6-11,13H,3-5,12H2,1-2H3,(H,21,22). The molecular weight excluding hydrogens is 374 g/mol. The van der Waals surface area contributed by atoms with Crippen molar-refractivity contribution in [3.8, 4) is 5.75 Å². The van der Waals surface area contributed by atoms with Crippen LogP contribution in [0.5, 0.6) is 5.75 Å². The Morgan fingerprint density at radius 2 is 1.85 bits per heavy atom. The van der Waals surface area contributed by atoms with Gasteiger partial charge in [0, 0.05) is 17.1 Å². The van der Waals surface area contributed by atoms with E-state index in [0.29, 0.717) is 30.2 Å². The van der Waals surface area contributed by atoms with Gasteiger partial charge in [-0.1, -0.05) is 18.5 Å². The Kier molecular flexibility index (Phi) is 7.06. The molecular formula is C19H22ClNO4S. The van der Waals surface area contributed by atoms with Crippen LogP contribution in [0.3, 0.4) is 0 Å². The molecule has 0 saturated carbocycles. The maximum atomic E-state index is 12.0. The van der Waals surface area contributed by atoms with Gasteiger partial charge in [0.25, 0.3) is 0 Å². The van der Waals surface area contributed by atoms with Gasteiger partial charge in [-0.2, -0.15) is 0 Å². The van der Waals surface area contributed by atoms with Gasteiger partial charge < -0.3 is 10.1 Å². The van der Waals surface area contributed by atoms with Crippen LogP contribution in [0.25, 0.3) is 0 Å². The van der Waals surface area contributed by atoms with Crippen molar-refractivity contribution in [1.29, 1.82) is 0 Å². The maximum Gasteiger partial charge on any atom is 0.224 e. The van der Waals surface area contributed by atoms with Crippen molar-refractivity contribution in [3.05, 3.63) is 53.1 Å². The second-order valence-electron chi connectivity index (χ2n) is 5.84. The molecule has 0 spiro atoms. The van der Waals surface area contributed by atoms with E-state index in [4.69, 9.17) is 16.3 Å². The molecule has 0 aliphatic carbocycles. The number of benzene rings is 2. The number of sulfone groups is 1.